The van der Waals surface area contributed by atoms with Gasteiger partial charge >= 0.3 is 0 Å². The van der Waals surface area contributed by atoms with E-state index < -0.39 is 5.44 Å². The Balaban J connectivity index is 4.18. The average Bonchev–Trinajstić information content (AvgIpc) is 2.12. The van der Waals surface area contributed by atoms with E-state index >= 15 is 0 Å². The second-order valence-corrected chi connectivity index (χ2v) is 7.71. The third-order valence-electron chi connectivity index (χ3n) is 2.83. The number of hydrogen-bond donors (Lipinski definition) is 1. The van der Waals surface area contributed by atoms with Crippen molar-refractivity contribution in [1.82, 2.24) is 5.32 Å². The van der Waals surface area contributed by atoms with Gasteiger partial charge in [0.2, 0.25) is 5.91 Å². The summed E-state index contributed by atoms with van der Waals surface area (Å²) >= 11 is 0. The van der Waals surface area contributed by atoms with Gasteiger partial charge in [0, 0.05) is 6.42 Å². The monoisotopic (exact) mass is 267 g/mol. The van der Waals surface area contributed by atoms with Crippen LogP contribution < -0.4 is 5.32 Å². The molecule has 0 aliphatic carbocycles. The van der Waals surface area contributed by atoms with E-state index in [1.54, 1.807) is 0 Å². The largest absolute Gasteiger partial charge is 0.380 e. The molecule has 0 bridgehead atoms. The molecule has 0 fully saturated rings. The van der Waals surface area contributed by atoms with Crippen molar-refractivity contribution in [3.05, 3.63) is 0 Å². The van der Waals surface area contributed by atoms with Crippen molar-refractivity contribution in [2.24, 2.45) is 10.8 Å². The van der Waals surface area contributed by atoms with Crippen LogP contribution in [0, 0.1) is 10.8 Å². The molecule has 110 valence electrons. The van der Waals surface area contributed by atoms with Gasteiger partial charge in [0.15, 0.2) is 0 Å². The summed E-state index contributed by atoms with van der Waals surface area (Å²) in [7, 11) is 5.93. The van der Waals surface area contributed by atoms with Crippen LogP contribution >= 0.6 is 0 Å². The van der Waals surface area contributed by atoms with Crippen molar-refractivity contribution in [3.8, 4) is 0 Å². The molecule has 0 aliphatic heterocycles. The molecule has 0 rings (SSSR count). The van der Waals surface area contributed by atoms with Gasteiger partial charge in [-0.3, -0.25) is 4.79 Å². The van der Waals surface area contributed by atoms with Crippen LogP contribution in [0.25, 0.3) is 0 Å². The number of nitrogens with one attached hydrogen (secondary N) is 1. The molecule has 2 radical (unpaired) electrons. The molecule has 0 heterocycles. The number of hydrogen-bond acceptors (Lipinski definition) is 2. The van der Waals surface area contributed by atoms with Gasteiger partial charge in [0.25, 0.3) is 0 Å². The van der Waals surface area contributed by atoms with E-state index in [-0.39, 0.29) is 16.7 Å². The summed E-state index contributed by atoms with van der Waals surface area (Å²) in [5, 5.41) is 2.85. The quantitative estimate of drug-likeness (QED) is 0.720. The minimum absolute atomic E-state index is 0.0174. The van der Waals surface area contributed by atoms with Gasteiger partial charge in [-0.15, -0.1) is 0 Å². The maximum absolute atomic E-state index is 11.9. The van der Waals surface area contributed by atoms with Crippen molar-refractivity contribution < 1.29 is 9.53 Å². The van der Waals surface area contributed by atoms with E-state index in [1.807, 2.05) is 27.7 Å². The lowest BCUT2D eigenvalue weighted by molar-refractivity contribution is -0.125. The highest BCUT2D eigenvalue weighted by atomic mass is 16.5. The van der Waals surface area contributed by atoms with Crippen molar-refractivity contribution in [3.63, 3.8) is 0 Å². The van der Waals surface area contributed by atoms with Crippen molar-refractivity contribution >= 4 is 13.8 Å². The van der Waals surface area contributed by atoms with Crippen LogP contribution in [-0.2, 0) is 9.53 Å². The molecular formula is C15H30BNO2. The molecule has 1 N–H and O–H groups in total. The first-order chi connectivity index (χ1) is 8.37. The number of rotatable bonds is 7. The molecule has 19 heavy (non-hydrogen) atoms. The Kier molecular flexibility index (Phi) is 6.60. The SMILES string of the molecule is [B]C(C)(CC)NC(=O)CC(C)(C)COCC(C)(C)C. The molecule has 4 heteroatoms. The van der Waals surface area contributed by atoms with Gasteiger partial charge in [0.05, 0.1) is 13.2 Å². The minimum atomic E-state index is -0.626. The summed E-state index contributed by atoms with van der Waals surface area (Å²) in [6.45, 7) is 15.5. The van der Waals surface area contributed by atoms with E-state index in [0.717, 1.165) is 0 Å². The van der Waals surface area contributed by atoms with Crippen LogP contribution in [0.1, 0.15) is 61.3 Å². The Hall–Kier alpha value is -0.505. The Morgan fingerprint density at radius 3 is 2.05 bits per heavy atom. The molecule has 1 unspecified atom stereocenters. The van der Waals surface area contributed by atoms with Crippen LogP contribution in [0.5, 0.6) is 0 Å². The normalized spacial score (nSPS) is 15.9. The van der Waals surface area contributed by atoms with Crippen LogP contribution in [0.4, 0.5) is 0 Å². The Labute approximate surface area is 120 Å². The van der Waals surface area contributed by atoms with Gasteiger partial charge in [0.1, 0.15) is 7.85 Å². The Bertz CT molecular complexity index is 293. The van der Waals surface area contributed by atoms with Gasteiger partial charge in [-0.1, -0.05) is 48.5 Å². The third-order valence-corrected chi connectivity index (χ3v) is 2.83. The standard InChI is InChI=1S/C15H30BNO2/c1-8-15(7,16)17-12(18)9-14(5,6)11-19-10-13(2,3)4/h8-11H2,1-7H3,(H,17,18). The second kappa shape index (κ2) is 6.78. The fourth-order valence-electron chi connectivity index (χ4n) is 1.57. The molecule has 0 aromatic heterocycles. The second-order valence-electron chi connectivity index (χ2n) is 7.71. The van der Waals surface area contributed by atoms with E-state index in [2.05, 4.69) is 26.1 Å². The average molecular weight is 267 g/mol. The van der Waals surface area contributed by atoms with Crippen LogP contribution in [0.15, 0.2) is 0 Å². The first-order valence-electron chi connectivity index (χ1n) is 7.05. The maximum atomic E-state index is 11.9. The van der Waals surface area contributed by atoms with Gasteiger partial charge in [-0.05, 0) is 22.7 Å². The van der Waals surface area contributed by atoms with Crippen LogP contribution in [-0.4, -0.2) is 32.4 Å². The molecule has 3 nitrogen and oxygen atoms in total. The van der Waals surface area contributed by atoms with Gasteiger partial charge in [-0.2, -0.15) is 0 Å². The highest BCUT2D eigenvalue weighted by Gasteiger charge is 2.26. The highest BCUT2D eigenvalue weighted by Crippen LogP contribution is 2.23. The fourth-order valence-corrected chi connectivity index (χ4v) is 1.57. The predicted molar refractivity (Wildman–Crippen MR) is 81.3 cm³/mol. The van der Waals surface area contributed by atoms with E-state index in [9.17, 15) is 4.79 Å². The van der Waals surface area contributed by atoms with Crippen molar-refractivity contribution in [2.45, 2.75) is 66.7 Å². The smallest absolute Gasteiger partial charge is 0.220 e. The Morgan fingerprint density at radius 2 is 1.63 bits per heavy atom. The lowest BCUT2D eigenvalue weighted by Gasteiger charge is -2.30. The minimum Gasteiger partial charge on any atom is -0.380 e. The summed E-state index contributed by atoms with van der Waals surface area (Å²) in [5.41, 5.74) is -0.658. The molecule has 0 aromatic rings. The number of amides is 1. The molecule has 0 saturated carbocycles. The van der Waals surface area contributed by atoms with Crippen molar-refractivity contribution in [2.75, 3.05) is 13.2 Å². The maximum Gasteiger partial charge on any atom is 0.220 e. The molecule has 1 atom stereocenters. The zero-order valence-electron chi connectivity index (χ0n) is 13.7. The van der Waals surface area contributed by atoms with Crippen molar-refractivity contribution in [1.29, 1.82) is 0 Å². The highest BCUT2D eigenvalue weighted by molar-refractivity contribution is 6.16. The zero-order valence-corrected chi connectivity index (χ0v) is 13.7. The number of ether oxygens (including phenoxy) is 1. The summed E-state index contributed by atoms with van der Waals surface area (Å²) in [5.74, 6) is -0.0174. The molecule has 0 spiro atoms. The molecular weight excluding hydrogens is 237 g/mol. The number of carbonyl (C=O) groups is 1. The van der Waals surface area contributed by atoms with Gasteiger partial charge < -0.3 is 10.1 Å². The molecule has 0 saturated heterocycles. The first-order valence-corrected chi connectivity index (χ1v) is 7.05. The Morgan fingerprint density at radius 1 is 1.11 bits per heavy atom. The number of carbonyl (C=O) groups excluding carboxylic acids is 1. The lowest BCUT2D eigenvalue weighted by atomic mass is 9.77. The van der Waals surface area contributed by atoms with Crippen LogP contribution in [0.3, 0.4) is 0 Å². The summed E-state index contributed by atoms with van der Waals surface area (Å²) in [6, 6.07) is 0. The fraction of sp³-hybridized carbons (Fsp3) is 0.933. The predicted octanol–water partition coefficient (Wildman–Crippen LogP) is 2.88. The molecule has 0 aromatic carbocycles. The summed E-state index contributed by atoms with van der Waals surface area (Å²) in [4.78, 5) is 11.9. The third kappa shape index (κ3) is 10.00. The first kappa shape index (κ1) is 18.5. The topological polar surface area (TPSA) is 38.3 Å². The van der Waals surface area contributed by atoms with E-state index in [0.29, 0.717) is 26.1 Å². The lowest BCUT2D eigenvalue weighted by Crippen LogP contribution is -2.47. The summed E-state index contributed by atoms with van der Waals surface area (Å²) in [6.07, 6.45) is 1.13. The van der Waals surface area contributed by atoms with E-state index in [4.69, 9.17) is 12.6 Å². The van der Waals surface area contributed by atoms with Crippen LogP contribution in [0.2, 0.25) is 0 Å². The molecule has 1 amide bonds. The summed E-state index contributed by atoms with van der Waals surface area (Å²) < 4.78 is 5.71. The van der Waals surface area contributed by atoms with Gasteiger partial charge in [-0.25, -0.2) is 0 Å². The zero-order chi connectivity index (χ0) is 15.3. The van der Waals surface area contributed by atoms with E-state index in [1.165, 1.54) is 0 Å². The molecule has 0 aliphatic rings.